The van der Waals surface area contributed by atoms with Crippen LogP contribution in [0, 0.1) is 0 Å². The summed E-state index contributed by atoms with van der Waals surface area (Å²) in [5.74, 6) is -0.472. The van der Waals surface area contributed by atoms with Gasteiger partial charge >= 0.3 is 5.97 Å². The Morgan fingerprint density at radius 2 is 0.790 bits per heavy atom. The van der Waals surface area contributed by atoms with Gasteiger partial charge in [0, 0.05) is 6.42 Å². The molecule has 0 aliphatic rings. The number of aliphatic hydroxyl groups excluding tert-OH is 2. The van der Waals surface area contributed by atoms with Crippen LogP contribution in [-0.4, -0.2) is 46.9 Å². The summed E-state index contributed by atoms with van der Waals surface area (Å²) in [5, 5.41) is 23.8. The molecule has 62 heavy (non-hydrogen) atoms. The highest BCUT2D eigenvalue weighted by Crippen LogP contribution is 2.19. The quantitative estimate of drug-likeness (QED) is 0.0321. The molecular formula is C56H109NO5. The summed E-state index contributed by atoms with van der Waals surface area (Å²) in [6.07, 6.45) is 57.2. The van der Waals surface area contributed by atoms with Crippen molar-refractivity contribution < 1.29 is 24.5 Å². The van der Waals surface area contributed by atoms with Gasteiger partial charge in [0.2, 0.25) is 5.91 Å². The first-order valence-electron chi connectivity index (χ1n) is 27.9. The Balaban J connectivity index is 4.35. The summed E-state index contributed by atoms with van der Waals surface area (Å²) < 4.78 is 5.93. The van der Waals surface area contributed by atoms with Crippen molar-refractivity contribution in [3.63, 3.8) is 0 Å². The molecule has 0 saturated carbocycles. The molecule has 6 nitrogen and oxygen atoms in total. The van der Waals surface area contributed by atoms with E-state index in [2.05, 4.69) is 38.2 Å². The fourth-order valence-corrected chi connectivity index (χ4v) is 8.83. The van der Waals surface area contributed by atoms with E-state index in [1.165, 1.54) is 199 Å². The van der Waals surface area contributed by atoms with Gasteiger partial charge in [0.25, 0.3) is 0 Å². The maximum atomic E-state index is 13.2. The molecule has 0 bridgehead atoms. The Morgan fingerprint density at radius 1 is 0.452 bits per heavy atom. The van der Waals surface area contributed by atoms with E-state index in [1.54, 1.807) is 0 Å². The van der Waals surface area contributed by atoms with Crippen LogP contribution in [0.2, 0.25) is 0 Å². The van der Waals surface area contributed by atoms with Gasteiger partial charge in [-0.15, -0.1) is 0 Å². The highest BCUT2D eigenvalue weighted by atomic mass is 16.5. The van der Waals surface area contributed by atoms with E-state index in [0.29, 0.717) is 19.3 Å². The van der Waals surface area contributed by atoms with Crippen LogP contribution >= 0.6 is 0 Å². The summed E-state index contributed by atoms with van der Waals surface area (Å²) in [6, 6.07) is -0.700. The van der Waals surface area contributed by atoms with E-state index in [-0.39, 0.29) is 24.9 Å². The van der Waals surface area contributed by atoms with Crippen LogP contribution in [0.1, 0.15) is 310 Å². The number of esters is 1. The average molecular weight is 876 g/mol. The predicted molar refractivity (Wildman–Crippen MR) is 269 cm³/mol. The van der Waals surface area contributed by atoms with Crippen LogP contribution < -0.4 is 5.32 Å². The van der Waals surface area contributed by atoms with Gasteiger partial charge in [-0.05, 0) is 44.9 Å². The number of amides is 1. The SMILES string of the molecule is CCCC/C=C\CCCCCC(CC(=O)NC(CO)C(O)CCCCCCCCCCCCCCCCC)OC(=O)CCCCCCCCCCCCCCCCCCCCC. The highest BCUT2D eigenvalue weighted by Gasteiger charge is 2.24. The lowest BCUT2D eigenvalue weighted by Crippen LogP contribution is -2.46. The van der Waals surface area contributed by atoms with Crippen molar-refractivity contribution >= 4 is 11.9 Å². The van der Waals surface area contributed by atoms with Gasteiger partial charge in [-0.25, -0.2) is 0 Å². The summed E-state index contributed by atoms with van der Waals surface area (Å²) in [5.41, 5.74) is 0. The molecule has 1 amide bonds. The molecule has 0 heterocycles. The van der Waals surface area contributed by atoms with Crippen molar-refractivity contribution in [2.24, 2.45) is 0 Å². The zero-order valence-electron chi connectivity index (χ0n) is 42.0. The number of aliphatic hydroxyl groups is 2. The number of rotatable bonds is 51. The van der Waals surface area contributed by atoms with Crippen molar-refractivity contribution in [1.29, 1.82) is 0 Å². The lowest BCUT2D eigenvalue weighted by atomic mass is 10.0. The average Bonchev–Trinajstić information content (AvgIpc) is 3.26. The van der Waals surface area contributed by atoms with Crippen molar-refractivity contribution in [2.45, 2.75) is 328 Å². The summed E-state index contributed by atoms with van der Waals surface area (Å²) in [6.45, 7) is 6.47. The molecule has 0 rings (SSSR count). The molecule has 3 atom stereocenters. The Hall–Kier alpha value is -1.40. The van der Waals surface area contributed by atoms with Crippen molar-refractivity contribution in [3.8, 4) is 0 Å². The third-order valence-corrected chi connectivity index (χ3v) is 13.1. The molecule has 0 aliphatic heterocycles. The second-order valence-corrected chi connectivity index (χ2v) is 19.3. The van der Waals surface area contributed by atoms with E-state index < -0.39 is 18.2 Å². The van der Waals surface area contributed by atoms with E-state index in [0.717, 1.165) is 64.2 Å². The smallest absolute Gasteiger partial charge is 0.306 e. The standard InChI is InChI=1S/C56H109NO5/c1-4-7-10-13-16-19-21-23-25-26-27-28-30-32-34-37-40-43-46-49-56(61)62-52(47-44-41-38-35-18-15-12-9-6-3)50-55(60)57-53(51-58)54(59)48-45-42-39-36-33-31-29-24-22-20-17-14-11-8-5-2/h15,18,52-54,58-59H,4-14,16-17,19-51H2,1-3H3,(H,57,60)/b18-15-. The van der Waals surface area contributed by atoms with E-state index in [9.17, 15) is 19.8 Å². The summed E-state index contributed by atoms with van der Waals surface area (Å²) in [7, 11) is 0. The number of unbranched alkanes of at least 4 members (excludes halogenated alkanes) is 37. The molecular weight excluding hydrogens is 767 g/mol. The van der Waals surface area contributed by atoms with Gasteiger partial charge in [-0.3, -0.25) is 9.59 Å². The normalized spacial score (nSPS) is 13.2. The molecule has 3 unspecified atom stereocenters. The lowest BCUT2D eigenvalue weighted by molar-refractivity contribution is -0.151. The molecule has 0 fully saturated rings. The fraction of sp³-hybridized carbons (Fsp3) is 0.929. The van der Waals surface area contributed by atoms with Crippen molar-refractivity contribution in [1.82, 2.24) is 5.32 Å². The third kappa shape index (κ3) is 45.2. The summed E-state index contributed by atoms with van der Waals surface area (Å²) >= 11 is 0. The van der Waals surface area contributed by atoms with Crippen LogP contribution in [0.4, 0.5) is 0 Å². The van der Waals surface area contributed by atoms with Gasteiger partial charge < -0.3 is 20.3 Å². The number of nitrogens with one attached hydrogen (secondary N) is 1. The first kappa shape index (κ1) is 60.6. The molecule has 6 heteroatoms. The molecule has 0 aromatic heterocycles. The number of carbonyl (C=O) groups is 2. The van der Waals surface area contributed by atoms with E-state index in [4.69, 9.17) is 4.74 Å². The van der Waals surface area contributed by atoms with E-state index in [1.807, 2.05) is 0 Å². The van der Waals surface area contributed by atoms with Crippen molar-refractivity contribution in [3.05, 3.63) is 12.2 Å². The Morgan fingerprint density at radius 3 is 1.19 bits per heavy atom. The number of hydrogen-bond acceptors (Lipinski definition) is 5. The minimum absolute atomic E-state index is 0.0734. The minimum atomic E-state index is -0.785. The molecule has 0 saturated heterocycles. The lowest BCUT2D eigenvalue weighted by Gasteiger charge is -2.24. The second kappa shape index (κ2) is 50.6. The molecule has 368 valence electrons. The van der Waals surface area contributed by atoms with Crippen LogP contribution in [0.5, 0.6) is 0 Å². The maximum absolute atomic E-state index is 13.2. The van der Waals surface area contributed by atoms with Gasteiger partial charge in [0.1, 0.15) is 6.10 Å². The van der Waals surface area contributed by atoms with Gasteiger partial charge in [0.05, 0.1) is 25.2 Å². The number of hydrogen-bond donors (Lipinski definition) is 3. The maximum Gasteiger partial charge on any atom is 0.306 e. The Bertz CT molecular complexity index is 939. The molecule has 0 aromatic rings. The zero-order chi connectivity index (χ0) is 45.2. The molecule has 0 spiro atoms. The Labute approximate surface area is 387 Å². The number of ether oxygens (including phenoxy) is 1. The van der Waals surface area contributed by atoms with Crippen LogP contribution in [0.15, 0.2) is 12.2 Å². The topological polar surface area (TPSA) is 95.9 Å². The highest BCUT2D eigenvalue weighted by molar-refractivity contribution is 5.77. The van der Waals surface area contributed by atoms with Crippen LogP contribution in [-0.2, 0) is 14.3 Å². The second-order valence-electron chi connectivity index (χ2n) is 19.3. The van der Waals surface area contributed by atoms with Gasteiger partial charge in [-0.2, -0.15) is 0 Å². The fourth-order valence-electron chi connectivity index (χ4n) is 8.83. The third-order valence-electron chi connectivity index (χ3n) is 13.1. The van der Waals surface area contributed by atoms with Gasteiger partial charge in [-0.1, -0.05) is 264 Å². The first-order valence-corrected chi connectivity index (χ1v) is 27.9. The number of allylic oxidation sites excluding steroid dienone is 2. The molecule has 3 N–H and O–H groups in total. The number of carbonyl (C=O) groups excluding carboxylic acids is 2. The Kier molecular flexibility index (Phi) is 49.5. The largest absolute Gasteiger partial charge is 0.462 e. The predicted octanol–water partition coefficient (Wildman–Crippen LogP) is 16.9. The van der Waals surface area contributed by atoms with E-state index >= 15 is 0 Å². The first-order chi connectivity index (χ1) is 30.5. The van der Waals surface area contributed by atoms with Gasteiger partial charge in [0.15, 0.2) is 0 Å². The minimum Gasteiger partial charge on any atom is -0.462 e. The van der Waals surface area contributed by atoms with Crippen molar-refractivity contribution in [2.75, 3.05) is 6.61 Å². The molecule has 0 aliphatic carbocycles. The van der Waals surface area contributed by atoms with Crippen LogP contribution in [0.3, 0.4) is 0 Å². The molecule has 0 radical (unpaired) electrons. The van der Waals surface area contributed by atoms with Crippen LogP contribution in [0.25, 0.3) is 0 Å². The molecule has 0 aromatic carbocycles. The zero-order valence-corrected chi connectivity index (χ0v) is 42.0. The summed E-state index contributed by atoms with van der Waals surface area (Å²) in [4.78, 5) is 26.1. The monoisotopic (exact) mass is 876 g/mol.